The Kier molecular flexibility index (Phi) is 5.47. The number of para-hydroxylation sites is 1. The number of hydrogen-bond acceptors (Lipinski definition) is 5. The third-order valence-electron chi connectivity index (χ3n) is 3.69. The van der Waals surface area contributed by atoms with Crippen LogP contribution in [-0.4, -0.2) is 29.3 Å². The Balaban J connectivity index is 2.48. The summed E-state index contributed by atoms with van der Waals surface area (Å²) in [5, 5.41) is 10.1. The highest BCUT2D eigenvalue weighted by molar-refractivity contribution is 6.01. The van der Waals surface area contributed by atoms with Crippen molar-refractivity contribution in [1.29, 1.82) is 0 Å². The van der Waals surface area contributed by atoms with Gasteiger partial charge >= 0.3 is 0 Å². The van der Waals surface area contributed by atoms with Gasteiger partial charge in [0.1, 0.15) is 5.70 Å². The Morgan fingerprint density at radius 2 is 2.08 bits per heavy atom. The van der Waals surface area contributed by atoms with Crippen LogP contribution in [0.4, 0.5) is 5.69 Å². The molecular formula is C17H24N6O. The highest BCUT2D eigenvalue weighted by Crippen LogP contribution is 2.33. The second kappa shape index (κ2) is 7.54. The van der Waals surface area contributed by atoms with Gasteiger partial charge in [0.15, 0.2) is 0 Å². The molecule has 2 aromatic rings. The van der Waals surface area contributed by atoms with Crippen molar-refractivity contribution in [3.63, 3.8) is 0 Å². The smallest absolute Gasteiger partial charge is 0.269 e. The second-order valence-corrected chi connectivity index (χ2v) is 5.46. The molecule has 0 aliphatic carbocycles. The molecule has 0 saturated carbocycles. The van der Waals surface area contributed by atoms with Crippen molar-refractivity contribution in [2.24, 2.45) is 18.5 Å². The zero-order chi connectivity index (χ0) is 17.7. The van der Waals surface area contributed by atoms with Gasteiger partial charge < -0.3 is 22.1 Å². The van der Waals surface area contributed by atoms with Crippen molar-refractivity contribution in [1.82, 2.24) is 15.1 Å². The number of nitrogens with zero attached hydrogens (tertiary/aromatic N) is 2. The van der Waals surface area contributed by atoms with Crippen LogP contribution in [-0.2, 0) is 11.8 Å². The minimum absolute atomic E-state index is 0.0169. The van der Waals surface area contributed by atoms with Crippen molar-refractivity contribution in [3.05, 3.63) is 41.9 Å². The third kappa shape index (κ3) is 3.51. The summed E-state index contributed by atoms with van der Waals surface area (Å²) < 4.78 is 1.73. The average molecular weight is 328 g/mol. The average Bonchev–Trinajstić information content (AvgIpc) is 3.03. The Labute approximate surface area is 141 Å². The van der Waals surface area contributed by atoms with Gasteiger partial charge in [0.2, 0.25) is 0 Å². The Morgan fingerprint density at radius 1 is 1.33 bits per heavy atom. The van der Waals surface area contributed by atoms with Crippen molar-refractivity contribution in [2.45, 2.75) is 13.3 Å². The number of benzene rings is 1. The lowest BCUT2D eigenvalue weighted by Crippen LogP contribution is -2.31. The fourth-order valence-corrected chi connectivity index (χ4v) is 2.45. The summed E-state index contributed by atoms with van der Waals surface area (Å²) >= 11 is 0. The van der Waals surface area contributed by atoms with Gasteiger partial charge in [0, 0.05) is 43.5 Å². The van der Waals surface area contributed by atoms with Crippen LogP contribution in [0.3, 0.4) is 0 Å². The first-order valence-electron chi connectivity index (χ1n) is 7.83. The molecule has 1 heterocycles. The first-order chi connectivity index (χ1) is 11.5. The molecule has 1 amide bonds. The molecule has 0 bridgehead atoms. The van der Waals surface area contributed by atoms with Gasteiger partial charge in [-0.15, -0.1) is 0 Å². The maximum Gasteiger partial charge on any atom is 0.269 e. The predicted octanol–water partition coefficient (Wildman–Crippen LogP) is 1.24. The lowest BCUT2D eigenvalue weighted by atomic mass is 9.99. The topological polar surface area (TPSA) is 111 Å². The van der Waals surface area contributed by atoms with Gasteiger partial charge in [-0.2, -0.15) is 5.10 Å². The third-order valence-corrected chi connectivity index (χ3v) is 3.69. The van der Waals surface area contributed by atoms with E-state index >= 15 is 0 Å². The molecule has 0 aliphatic heterocycles. The molecule has 1 aromatic heterocycles. The molecule has 0 aliphatic rings. The van der Waals surface area contributed by atoms with E-state index in [-0.39, 0.29) is 17.3 Å². The minimum atomic E-state index is -0.358. The Hall–Kier alpha value is -2.96. The second-order valence-electron chi connectivity index (χ2n) is 5.46. The van der Waals surface area contributed by atoms with E-state index < -0.39 is 0 Å². The molecule has 0 fully saturated rings. The molecule has 0 saturated heterocycles. The molecule has 1 aromatic carbocycles. The van der Waals surface area contributed by atoms with E-state index in [1.807, 2.05) is 38.4 Å². The molecule has 7 nitrogen and oxygen atoms in total. The number of anilines is 1. The first-order valence-corrected chi connectivity index (χ1v) is 7.83. The van der Waals surface area contributed by atoms with Crippen molar-refractivity contribution >= 4 is 17.3 Å². The van der Waals surface area contributed by atoms with Gasteiger partial charge in [0.05, 0.1) is 17.6 Å². The highest BCUT2D eigenvalue weighted by Gasteiger charge is 2.16. The molecule has 0 unspecified atom stereocenters. The van der Waals surface area contributed by atoms with Gasteiger partial charge in [-0.25, -0.2) is 0 Å². The monoisotopic (exact) mass is 328 g/mol. The van der Waals surface area contributed by atoms with Crippen LogP contribution in [0, 0.1) is 0 Å². The lowest BCUT2D eigenvalue weighted by Gasteiger charge is -2.15. The van der Waals surface area contributed by atoms with Crippen LogP contribution >= 0.6 is 0 Å². The molecule has 6 N–H and O–H groups in total. The molecular weight excluding hydrogens is 304 g/mol. The number of aryl methyl sites for hydroxylation is 1. The molecule has 7 heteroatoms. The van der Waals surface area contributed by atoms with Gasteiger partial charge in [-0.1, -0.05) is 25.1 Å². The van der Waals surface area contributed by atoms with Crippen molar-refractivity contribution < 1.29 is 4.79 Å². The zero-order valence-electron chi connectivity index (χ0n) is 14.3. The number of hydrogen-bond donors (Lipinski definition) is 4. The number of aromatic nitrogens is 2. The molecule has 128 valence electrons. The highest BCUT2D eigenvalue weighted by atomic mass is 16.2. The molecule has 0 radical (unpaired) electrons. The Morgan fingerprint density at radius 3 is 2.67 bits per heavy atom. The van der Waals surface area contributed by atoms with E-state index in [9.17, 15) is 4.79 Å². The fourth-order valence-electron chi connectivity index (χ4n) is 2.45. The largest absolute Gasteiger partial charge is 0.396 e. The summed E-state index contributed by atoms with van der Waals surface area (Å²) in [6.07, 6.45) is 4.52. The summed E-state index contributed by atoms with van der Waals surface area (Å²) in [5.74, 6) is -0.358. The van der Waals surface area contributed by atoms with E-state index in [0.717, 1.165) is 23.2 Å². The Bertz CT molecular complexity index is 762. The van der Waals surface area contributed by atoms with Crippen molar-refractivity contribution in [2.75, 3.05) is 18.9 Å². The summed E-state index contributed by atoms with van der Waals surface area (Å²) in [4.78, 5) is 12.1. The number of amides is 1. The van der Waals surface area contributed by atoms with Crippen LogP contribution in [0.15, 0.2) is 36.3 Å². The van der Waals surface area contributed by atoms with Gasteiger partial charge in [0.25, 0.3) is 5.91 Å². The van der Waals surface area contributed by atoms with Crippen LogP contribution in [0.2, 0.25) is 0 Å². The standard InChI is InChI=1S/C17H24N6O/c1-4-8-21-17(24)15(19)14(18)13-7-5-6-12(16(13)20-2)11-9-22-23(3)10-11/h5-7,9-10,20H,4,8,18-19H2,1-3H3,(H,21,24)/b15-14+. The van der Waals surface area contributed by atoms with E-state index in [2.05, 4.69) is 15.7 Å². The maximum absolute atomic E-state index is 12.1. The minimum Gasteiger partial charge on any atom is -0.396 e. The quantitative estimate of drug-likeness (QED) is 0.596. The van der Waals surface area contributed by atoms with Gasteiger partial charge in [-0.3, -0.25) is 9.48 Å². The molecule has 0 atom stereocenters. The summed E-state index contributed by atoms with van der Waals surface area (Å²) in [7, 11) is 3.66. The van der Waals surface area contributed by atoms with Gasteiger partial charge in [-0.05, 0) is 6.42 Å². The molecule has 2 rings (SSSR count). The molecule has 24 heavy (non-hydrogen) atoms. The molecule has 0 spiro atoms. The van der Waals surface area contributed by atoms with E-state index in [0.29, 0.717) is 12.1 Å². The summed E-state index contributed by atoms with van der Waals surface area (Å²) in [6, 6.07) is 5.68. The predicted molar refractivity (Wildman–Crippen MR) is 96.8 cm³/mol. The lowest BCUT2D eigenvalue weighted by molar-refractivity contribution is -0.117. The van der Waals surface area contributed by atoms with Crippen LogP contribution in [0.25, 0.3) is 16.8 Å². The number of carbonyl (C=O) groups excluding carboxylic acids is 1. The number of nitrogens with two attached hydrogens (primary N) is 2. The number of carbonyl (C=O) groups is 1. The first kappa shape index (κ1) is 17.4. The SMILES string of the molecule is CCCNC(=O)/C(N)=C(\N)c1cccc(-c2cnn(C)c2)c1NC. The van der Waals surface area contributed by atoms with E-state index in [1.54, 1.807) is 17.9 Å². The summed E-state index contributed by atoms with van der Waals surface area (Å²) in [6.45, 7) is 2.53. The number of nitrogens with one attached hydrogen (secondary N) is 2. The van der Waals surface area contributed by atoms with E-state index in [4.69, 9.17) is 11.5 Å². The van der Waals surface area contributed by atoms with Crippen LogP contribution in [0.5, 0.6) is 0 Å². The fraction of sp³-hybridized carbons (Fsp3) is 0.294. The summed E-state index contributed by atoms with van der Waals surface area (Å²) in [5.41, 5.74) is 15.8. The maximum atomic E-state index is 12.1. The normalized spacial score (nSPS) is 11.8. The zero-order valence-corrected chi connectivity index (χ0v) is 14.3. The van der Waals surface area contributed by atoms with Crippen LogP contribution in [0.1, 0.15) is 18.9 Å². The van der Waals surface area contributed by atoms with E-state index in [1.165, 1.54) is 0 Å². The van der Waals surface area contributed by atoms with Crippen molar-refractivity contribution in [3.8, 4) is 11.1 Å². The van der Waals surface area contributed by atoms with Crippen LogP contribution < -0.4 is 22.1 Å². The number of rotatable bonds is 6.